The van der Waals surface area contributed by atoms with E-state index in [2.05, 4.69) is 6.07 Å². The van der Waals surface area contributed by atoms with E-state index in [0.717, 1.165) is 54.2 Å². The maximum atomic E-state index is 11.6. The van der Waals surface area contributed by atoms with Crippen molar-refractivity contribution in [2.24, 2.45) is 15.7 Å². The van der Waals surface area contributed by atoms with Crippen molar-refractivity contribution in [3.05, 3.63) is 89.5 Å². The molecule has 2 aliphatic rings. The van der Waals surface area contributed by atoms with E-state index in [-0.39, 0.29) is 5.75 Å². The minimum absolute atomic E-state index is 0.214. The van der Waals surface area contributed by atoms with Crippen LogP contribution in [0.5, 0.6) is 5.75 Å². The number of fused-ring (bicyclic) bond motifs is 1. The third-order valence-corrected chi connectivity index (χ3v) is 6.56. The molecule has 2 heterocycles. The van der Waals surface area contributed by atoms with Crippen LogP contribution in [-0.4, -0.2) is 55.5 Å². The lowest BCUT2D eigenvalue weighted by atomic mass is 9.81. The number of nitriles is 1. The SMILES string of the molecule is CC(=O)O.CS(=O)(=O)Oc1ccc(C2(c3cccc(-c4cccc(C#N)c4)c3)N=C(N)N3CCCN=C32)cc1. The van der Waals surface area contributed by atoms with Crippen molar-refractivity contribution < 1.29 is 22.5 Å². The number of rotatable bonds is 5. The monoisotopic (exact) mass is 545 g/mol. The molecule has 10 nitrogen and oxygen atoms in total. The molecule has 0 amide bonds. The lowest BCUT2D eigenvalue weighted by molar-refractivity contribution is -0.134. The molecule has 3 N–H and O–H groups in total. The van der Waals surface area contributed by atoms with Crippen LogP contribution in [0, 0.1) is 11.3 Å². The number of aliphatic carboxylic acids is 1. The van der Waals surface area contributed by atoms with Crippen LogP contribution in [0.15, 0.2) is 82.8 Å². The molecule has 2 aliphatic heterocycles. The van der Waals surface area contributed by atoms with Gasteiger partial charge in [-0.1, -0.05) is 42.5 Å². The van der Waals surface area contributed by atoms with Crippen LogP contribution < -0.4 is 9.92 Å². The Balaban J connectivity index is 0.000000826. The lowest BCUT2D eigenvalue weighted by Crippen LogP contribution is -2.46. The van der Waals surface area contributed by atoms with Gasteiger partial charge in [-0.05, 0) is 59.0 Å². The van der Waals surface area contributed by atoms with Gasteiger partial charge in [-0.25, -0.2) is 4.99 Å². The number of hydrogen-bond donors (Lipinski definition) is 2. The fourth-order valence-electron chi connectivity index (χ4n) is 4.59. The molecule has 0 spiro atoms. The van der Waals surface area contributed by atoms with Gasteiger partial charge in [0.15, 0.2) is 11.5 Å². The summed E-state index contributed by atoms with van der Waals surface area (Å²) in [5.74, 6) is 0.503. The van der Waals surface area contributed by atoms with Gasteiger partial charge in [-0.15, -0.1) is 0 Å². The van der Waals surface area contributed by atoms with Crippen molar-refractivity contribution in [1.82, 2.24) is 4.90 Å². The summed E-state index contributed by atoms with van der Waals surface area (Å²) in [6.07, 6.45) is 1.88. The van der Waals surface area contributed by atoms with Crippen molar-refractivity contribution >= 4 is 27.9 Å². The largest absolute Gasteiger partial charge is 0.481 e. The number of nitrogens with two attached hydrogens (primary N) is 1. The molecular formula is C28H27N5O5S. The van der Waals surface area contributed by atoms with Gasteiger partial charge in [0.05, 0.1) is 17.9 Å². The molecule has 5 rings (SSSR count). The van der Waals surface area contributed by atoms with Crippen LogP contribution in [0.2, 0.25) is 0 Å². The number of aliphatic imine (C=N–C) groups is 2. The highest BCUT2D eigenvalue weighted by atomic mass is 32.2. The van der Waals surface area contributed by atoms with E-state index in [1.165, 1.54) is 0 Å². The van der Waals surface area contributed by atoms with E-state index in [4.69, 9.17) is 29.8 Å². The van der Waals surface area contributed by atoms with E-state index in [0.29, 0.717) is 18.1 Å². The van der Waals surface area contributed by atoms with Gasteiger partial charge in [0.1, 0.15) is 11.6 Å². The molecule has 3 aromatic carbocycles. The molecule has 0 aromatic heterocycles. The topological polar surface area (TPSA) is 158 Å². The van der Waals surface area contributed by atoms with Crippen molar-refractivity contribution in [1.29, 1.82) is 5.26 Å². The smallest absolute Gasteiger partial charge is 0.306 e. The standard InChI is InChI=1S/C26H23N5O3S.C2H4O2/c1-35(32,33)34-23-11-9-21(10-12-23)26(24-29-13-4-14-31(24)25(28)30-26)22-8-3-7-20(16-22)19-6-2-5-18(15-19)17-27;1-2(3)4/h2-3,5-12,15-16H,4,13-14H2,1H3,(H2,28,30);1H3,(H,3,4). The second-order valence-electron chi connectivity index (χ2n) is 9.00. The Morgan fingerprint density at radius 2 is 1.72 bits per heavy atom. The van der Waals surface area contributed by atoms with Gasteiger partial charge in [0, 0.05) is 20.0 Å². The summed E-state index contributed by atoms with van der Waals surface area (Å²) in [5, 5.41) is 16.7. The number of carbonyl (C=O) groups is 1. The Kier molecular flexibility index (Phi) is 7.69. The van der Waals surface area contributed by atoms with Crippen LogP contribution >= 0.6 is 0 Å². The number of amidine groups is 1. The predicted octanol–water partition coefficient (Wildman–Crippen LogP) is 3.33. The van der Waals surface area contributed by atoms with E-state index in [1.54, 1.807) is 30.3 Å². The van der Waals surface area contributed by atoms with Gasteiger partial charge in [-0.3, -0.25) is 14.7 Å². The molecule has 39 heavy (non-hydrogen) atoms. The normalized spacial score (nSPS) is 18.0. The second kappa shape index (κ2) is 11.0. The predicted molar refractivity (Wildman–Crippen MR) is 148 cm³/mol. The van der Waals surface area contributed by atoms with Crippen LogP contribution in [0.25, 0.3) is 11.1 Å². The maximum Gasteiger partial charge on any atom is 0.306 e. The number of guanidine groups is 1. The lowest BCUT2D eigenvalue weighted by Gasteiger charge is -2.33. The molecule has 11 heteroatoms. The van der Waals surface area contributed by atoms with Gasteiger partial charge in [0.2, 0.25) is 0 Å². The van der Waals surface area contributed by atoms with Crippen LogP contribution in [0.4, 0.5) is 0 Å². The molecule has 0 saturated carbocycles. The molecule has 0 fully saturated rings. The van der Waals surface area contributed by atoms with Gasteiger partial charge in [-0.2, -0.15) is 13.7 Å². The molecule has 200 valence electrons. The third-order valence-electron chi connectivity index (χ3n) is 6.06. The summed E-state index contributed by atoms with van der Waals surface area (Å²) in [5.41, 5.74) is 9.46. The Labute approximate surface area is 226 Å². The van der Waals surface area contributed by atoms with E-state index < -0.39 is 21.6 Å². The first kappa shape index (κ1) is 27.3. The van der Waals surface area contributed by atoms with Crippen molar-refractivity contribution in [2.75, 3.05) is 19.3 Å². The van der Waals surface area contributed by atoms with Crippen LogP contribution in [0.1, 0.15) is 30.0 Å². The zero-order valence-electron chi connectivity index (χ0n) is 21.4. The first-order chi connectivity index (χ1) is 18.5. The zero-order valence-corrected chi connectivity index (χ0v) is 22.2. The summed E-state index contributed by atoms with van der Waals surface area (Å²) >= 11 is 0. The number of hydrogen-bond acceptors (Lipinski definition) is 9. The summed E-state index contributed by atoms with van der Waals surface area (Å²) in [6, 6.07) is 24.4. The first-order valence-electron chi connectivity index (χ1n) is 12.0. The summed E-state index contributed by atoms with van der Waals surface area (Å²) in [4.78, 5) is 20.7. The van der Waals surface area contributed by atoms with Crippen molar-refractivity contribution in [2.45, 2.75) is 18.9 Å². The average Bonchev–Trinajstić information content (AvgIpc) is 3.21. The van der Waals surface area contributed by atoms with E-state index >= 15 is 0 Å². The molecular weight excluding hydrogens is 518 g/mol. The van der Waals surface area contributed by atoms with Gasteiger partial charge >= 0.3 is 10.1 Å². The second-order valence-corrected chi connectivity index (χ2v) is 10.6. The number of nitrogens with zero attached hydrogens (tertiary/aromatic N) is 4. The fourth-order valence-corrected chi connectivity index (χ4v) is 5.05. The van der Waals surface area contributed by atoms with Crippen LogP contribution in [-0.2, 0) is 20.5 Å². The first-order valence-corrected chi connectivity index (χ1v) is 13.8. The van der Waals surface area contributed by atoms with E-state index in [1.807, 2.05) is 47.4 Å². The number of carboxylic acids is 1. The number of carboxylic acid groups (broad SMARTS) is 1. The van der Waals surface area contributed by atoms with Crippen LogP contribution in [0.3, 0.4) is 0 Å². The number of benzene rings is 3. The maximum absolute atomic E-state index is 11.6. The summed E-state index contributed by atoms with van der Waals surface area (Å²) in [7, 11) is -3.65. The molecule has 0 radical (unpaired) electrons. The Hall–Kier alpha value is -4.69. The van der Waals surface area contributed by atoms with Crippen molar-refractivity contribution in [3.63, 3.8) is 0 Å². The highest BCUT2D eigenvalue weighted by Crippen LogP contribution is 2.43. The highest BCUT2D eigenvalue weighted by molar-refractivity contribution is 7.86. The zero-order chi connectivity index (χ0) is 28.2. The molecule has 3 aromatic rings. The minimum atomic E-state index is -3.65. The third kappa shape index (κ3) is 5.91. The quantitative estimate of drug-likeness (QED) is 0.462. The van der Waals surface area contributed by atoms with E-state index in [9.17, 15) is 13.7 Å². The Bertz CT molecular complexity index is 1610. The Morgan fingerprint density at radius 1 is 1.08 bits per heavy atom. The molecule has 1 unspecified atom stereocenters. The average molecular weight is 546 g/mol. The van der Waals surface area contributed by atoms with Crippen molar-refractivity contribution in [3.8, 4) is 22.9 Å². The summed E-state index contributed by atoms with van der Waals surface area (Å²) in [6.45, 7) is 2.46. The Morgan fingerprint density at radius 3 is 2.36 bits per heavy atom. The summed E-state index contributed by atoms with van der Waals surface area (Å²) < 4.78 is 28.2. The fraction of sp³-hybridized carbons (Fsp3) is 0.214. The molecule has 0 aliphatic carbocycles. The molecule has 0 saturated heterocycles. The van der Waals surface area contributed by atoms with Gasteiger partial charge < -0.3 is 15.0 Å². The van der Waals surface area contributed by atoms with Gasteiger partial charge in [0.25, 0.3) is 5.97 Å². The highest BCUT2D eigenvalue weighted by Gasteiger charge is 2.49. The molecule has 1 atom stereocenters. The molecule has 0 bridgehead atoms. The minimum Gasteiger partial charge on any atom is -0.481 e.